The average Bonchev–Trinajstić information content (AvgIpc) is 2.50. The third-order valence-electron chi connectivity index (χ3n) is 2.66. The van der Waals surface area contributed by atoms with Crippen LogP contribution in [0.25, 0.3) is 6.08 Å². The van der Waals surface area contributed by atoms with Gasteiger partial charge in [-0.05, 0) is 30.7 Å². The lowest BCUT2D eigenvalue weighted by atomic mass is 10.2. The van der Waals surface area contributed by atoms with Gasteiger partial charge in [-0.2, -0.15) is 0 Å². The van der Waals surface area contributed by atoms with Crippen molar-refractivity contribution in [3.8, 4) is 18.1 Å². The molecule has 1 rings (SSSR count). The molecule has 5 nitrogen and oxygen atoms in total. The number of carbonyl (C=O) groups is 2. The molecule has 0 saturated carbocycles. The van der Waals surface area contributed by atoms with E-state index >= 15 is 0 Å². The molecule has 2 N–H and O–H groups in total. The van der Waals surface area contributed by atoms with E-state index in [0.717, 1.165) is 11.3 Å². The molecule has 0 saturated heterocycles. The van der Waals surface area contributed by atoms with Crippen molar-refractivity contribution in [2.24, 2.45) is 0 Å². The second-order valence-corrected chi connectivity index (χ2v) is 4.26. The van der Waals surface area contributed by atoms with Crippen LogP contribution in [0.2, 0.25) is 0 Å². The second-order valence-electron chi connectivity index (χ2n) is 4.26. The van der Waals surface area contributed by atoms with Gasteiger partial charge in [-0.1, -0.05) is 18.1 Å². The summed E-state index contributed by atoms with van der Waals surface area (Å²) in [4.78, 5) is 23.2. The van der Waals surface area contributed by atoms with Crippen LogP contribution in [0.15, 0.2) is 30.3 Å². The minimum Gasteiger partial charge on any atom is -0.497 e. The van der Waals surface area contributed by atoms with Gasteiger partial charge in [0.05, 0.1) is 13.7 Å². The van der Waals surface area contributed by atoms with Crippen molar-refractivity contribution >= 4 is 17.9 Å². The van der Waals surface area contributed by atoms with Crippen molar-refractivity contribution in [2.45, 2.75) is 13.0 Å². The van der Waals surface area contributed by atoms with Crippen LogP contribution in [0.3, 0.4) is 0 Å². The highest BCUT2D eigenvalue weighted by atomic mass is 16.5. The summed E-state index contributed by atoms with van der Waals surface area (Å²) in [6.45, 7) is 1.73. The maximum Gasteiger partial charge on any atom is 0.244 e. The molecule has 5 heteroatoms. The number of amides is 2. The lowest BCUT2D eigenvalue weighted by Gasteiger charge is -2.11. The summed E-state index contributed by atoms with van der Waals surface area (Å²) in [5, 5.41) is 5.05. The molecule has 0 fully saturated rings. The third kappa shape index (κ3) is 5.83. The van der Waals surface area contributed by atoms with Crippen molar-refractivity contribution in [3.05, 3.63) is 35.9 Å². The molecule has 110 valence electrons. The molecule has 1 aromatic carbocycles. The molecule has 0 bridgehead atoms. The Hall–Kier alpha value is -2.74. The van der Waals surface area contributed by atoms with Crippen molar-refractivity contribution in [1.29, 1.82) is 0 Å². The first-order valence-electron chi connectivity index (χ1n) is 6.40. The summed E-state index contributed by atoms with van der Waals surface area (Å²) >= 11 is 0. The number of terminal acetylenes is 1. The van der Waals surface area contributed by atoms with Gasteiger partial charge in [0.25, 0.3) is 0 Å². The third-order valence-corrected chi connectivity index (χ3v) is 2.66. The summed E-state index contributed by atoms with van der Waals surface area (Å²) in [6.07, 6.45) is 8.06. The van der Waals surface area contributed by atoms with Crippen molar-refractivity contribution in [3.63, 3.8) is 0 Å². The van der Waals surface area contributed by atoms with Crippen molar-refractivity contribution < 1.29 is 14.3 Å². The van der Waals surface area contributed by atoms with E-state index in [1.54, 1.807) is 32.2 Å². The van der Waals surface area contributed by atoms with Crippen LogP contribution in [-0.2, 0) is 9.59 Å². The smallest absolute Gasteiger partial charge is 0.244 e. The number of ether oxygens (including phenoxy) is 1. The van der Waals surface area contributed by atoms with E-state index in [1.165, 1.54) is 6.08 Å². The standard InChI is InChI=1S/C16H18N2O3/c1-4-11-17-16(20)12(2)18-15(19)10-7-13-5-8-14(21-3)9-6-13/h1,5-10,12H,11H2,2-3H3,(H,17,20)(H,18,19)/b10-7+. The molecule has 0 aromatic heterocycles. The number of rotatable bonds is 6. The van der Waals surface area contributed by atoms with Crippen LogP contribution in [-0.4, -0.2) is 31.5 Å². The molecule has 0 heterocycles. The predicted molar refractivity (Wildman–Crippen MR) is 81.5 cm³/mol. The number of methoxy groups -OCH3 is 1. The fraction of sp³-hybridized carbons (Fsp3) is 0.250. The van der Waals surface area contributed by atoms with Crippen LogP contribution in [0.4, 0.5) is 0 Å². The Balaban J connectivity index is 2.50. The van der Waals surface area contributed by atoms with Crippen LogP contribution in [0, 0.1) is 12.3 Å². The fourth-order valence-electron chi connectivity index (χ4n) is 1.51. The van der Waals surface area contributed by atoms with E-state index in [0.29, 0.717) is 0 Å². The van der Waals surface area contributed by atoms with Gasteiger partial charge < -0.3 is 15.4 Å². The molecule has 0 spiro atoms. The molecule has 0 aliphatic heterocycles. The highest BCUT2D eigenvalue weighted by molar-refractivity contribution is 5.95. The number of carbonyl (C=O) groups excluding carboxylic acids is 2. The first-order chi connectivity index (χ1) is 10.1. The minimum absolute atomic E-state index is 0.140. The van der Waals surface area contributed by atoms with Crippen LogP contribution >= 0.6 is 0 Å². The number of nitrogens with one attached hydrogen (secondary N) is 2. The monoisotopic (exact) mass is 286 g/mol. The molecule has 0 aliphatic rings. The zero-order valence-corrected chi connectivity index (χ0v) is 12.1. The van der Waals surface area contributed by atoms with E-state index < -0.39 is 6.04 Å². The molecule has 2 amide bonds. The fourth-order valence-corrected chi connectivity index (χ4v) is 1.51. The predicted octanol–water partition coefficient (Wildman–Crippen LogP) is 0.962. The summed E-state index contributed by atoms with van der Waals surface area (Å²) in [5.41, 5.74) is 0.857. The highest BCUT2D eigenvalue weighted by Gasteiger charge is 2.12. The quantitative estimate of drug-likeness (QED) is 0.604. The van der Waals surface area contributed by atoms with Crippen LogP contribution in [0.5, 0.6) is 5.75 Å². The average molecular weight is 286 g/mol. The van der Waals surface area contributed by atoms with Gasteiger partial charge in [0.15, 0.2) is 0 Å². The van der Waals surface area contributed by atoms with E-state index in [1.807, 2.05) is 12.1 Å². The molecule has 1 atom stereocenters. The molecule has 21 heavy (non-hydrogen) atoms. The summed E-state index contributed by atoms with van der Waals surface area (Å²) in [6, 6.07) is 6.60. The zero-order valence-electron chi connectivity index (χ0n) is 12.1. The van der Waals surface area contributed by atoms with Gasteiger partial charge >= 0.3 is 0 Å². The van der Waals surface area contributed by atoms with Crippen LogP contribution in [0.1, 0.15) is 12.5 Å². The van der Waals surface area contributed by atoms with Gasteiger partial charge in [-0.25, -0.2) is 0 Å². The second kappa shape index (κ2) is 8.43. The van der Waals surface area contributed by atoms with Crippen molar-refractivity contribution in [2.75, 3.05) is 13.7 Å². The lowest BCUT2D eigenvalue weighted by molar-refractivity contribution is -0.126. The maximum atomic E-state index is 11.7. The Labute approximate surface area is 124 Å². The number of hydrogen-bond acceptors (Lipinski definition) is 3. The molecule has 0 aliphatic carbocycles. The van der Waals surface area contributed by atoms with Gasteiger partial charge in [-0.15, -0.1) is 6.42 Å². The first kappa shape index (κ1) is 16.3. The molecular formula is C16H18N2O3. The van der Waals surface area contributed by atoms with Crippen LogP contribution < -0.4 is 15.4 Å². The number of benzene rings is 1. The maximum absolute atomic E-state index is 11.7. The van der Waals surface area contributed by atoms with Gasteiger partial charge in [-0.3, -0.25) is 9.59 Å². The Morgan fingerprint density at radius 2 is 2.05 bits per heavy atom. The molecule has 0 radical (unpaired) electrons. The normalized spacial score (nSPS) is 11.5. The summed E-state index contributed by atoms with van der Waals surface area (Å²) in [5.74, 6) is 2.37. The topological polar surface area (TPSA) is 67.4 Å². The Morgan fingerprint density at radius 1 is 1.38 bits per heavy atom. The number of hydrogen-bond donors (Lipinski definition) is 2. The highest BCUT2D eigenvalue weighted by Crippen LogP contribution is 2.12. The first-order valence-corrected chi connectivity index (χ1v) is 6.40. The SMILES string of the molecule is C#CCNC(=O)C(C)NC(=O)/C=C/c1ccc(OC)cc1. The minimum atomic E-state index is -0.647. The molecule has 1 unspecified atom stereocenters. The van der Waals surface area contributed by atoms with Gasteiger partial charge in [0.2, 0.25) is 11.8 Å². The molecular weight excluding hydrogens is 268 g/mol. The van der Waals surface area contributed by atoms with Gasteiger partial charge in [0.1, 0.15) is 11.8 Å². The largest absolute Gasteiger partial charge is 0.497 e. The summed E-state index contributed by atoms with van der Waals surface area (Å²) in [7, 11) is 1.59. The van der Waals surface area contributed by atoms with Gasteiger partial charge in [0, 0.05) is 6.08 Å². The van der Waals surface area contributed by atoms with E-state index in [-0.39, 0.29) is 18.4 Å². The summed E-state index contributed by atoms with van der Waals surface area (Å²) < 4.78 is 5.04. The van der Waals surface area contributed by atoms with Crippen molar-refractivity contribution in [1.82, 2.24) is 10.6 Å². The van der Waals surface area contributed by atoms with E-state index in [9.17, 15) is 9.59 Å². The Kier molecular flexibility index (Phi) is 6.55. The Morgan fingerprint density at radius 3 is 2.62 bits per heavy atom. The lowest BCUT2D eigenvalue weighted by Crippen LogP contribution is -2.44. The van der Waals surface area contributed by atoms with E-state index in [2.05, 4.69) is 16.6 Å². The Bertz CT molecular complexity index is 556. The van der Waals surface area contributed by atoms with E-state index in [4.69, 9.17) is 11.2 Å². The zero-order chi connectivity index (χ0) is 15.7. The molecule has 1 aromatic rings.